The molecule has 0 aliphatic heterocycles. The molecule has 7 nitrogen and oxygen atoms in total. The highest BCUT2D eigenvalue weighted by Gasteiger charge is 2.18. The smallest absolute Gasteiger partial charge is 0.183 e. The lowest BCUT2D eigenvalue weighted by Gasteiger charge is -2.16. The van der Waals surface area contributed by atoms with Crippen molar-refractivity contribution < 1.29 is 4.74 Å². The number of aromatic amines is 1. The van der Waals surface area contributed by atoms with Crippen molar-refractivity contribution >= 4 is 19.0 Å². The standard InChI is InChI=1S/C27H25BN6O/c1-18-7-5-9-22(30-18)26-27(23-13-12-20-21(31-23)10-6-15-29-20)33-25(32-26)17-34(28)16-14-19-8-3-4-11-24(19)35-2/h3-13,15H,14,16-17H2,1-2H3,(H,32,33). The van der Waals surface area contributed by atoms with Gasteiger partial charge in [0.2, 0.25) is 0 Å². The van der Waals surface area contributed by atoms with E-state index in [2.05, 4.69) is 16.0 Å². The van der Waals surface area contributed by atoms with Gasteiger partial charge in [-0.2, -0.15) is 0 Å². The number of pyridine rings is 3. The summed E-state index contributed by atoms with van der Waals surface area (Å²) in [6, 6.07) is 21.6. The molecule has 0 unspecified atom stereocenters. The van der Waals surface area contributed by atoms with Crippen molar-refractivity contribution in [2.45, 2.75) is 19.9 Å². The maximum absolute atomic E-state index is 6.37. The Morgan fingerprint density at radius 1 is 0.886 bits per heavy atom. The second-order valence-corrected chi connectivity index (χ2v) is 8.34. The monoisotopic (exact) mass is 460 g/mol. The molecule has 0 saturated heterocycles. The zero-order valence-electron chi connectivity index (χ0n) is 19.8. The third-order valence-corrected chi connectivity index (χ3v) is 5.81. The van der Waals surface area contributed by atoms with Gasteiger partial charge in [0.05, 0.1) is 35.2 Å². The lowest BCUT2D eigenvalue weighted by Crippen LogP contribution is -2.23. The van der Waals surface area contributed by atoms with Gasteiger partial charge in [-0.15, -0.1) is 0 Å². The van der Waals surface area contributed by atoms with Crippen LogP contribution < -0.4 is 4.74 Å². The normalized spacial score (nSPS) is 11.3. The number of para-hydroxylation sites is 1. The molecule has 5 rings (SSSR count). The quantitative estimate of drug-likeness (QED) is 0.343. The second-order valence-electron chi connectivity index (χ2n) is 8.34. The number of methoxy groups -OCH3 is 1. The average Bonchev–Trinajstić information content (AvgIpc) is 3.31. The molecule has 1 N–H and O–H groups in total. The molecular formula is C27H25BN6O. The minimum atomic E-state index is 0.448. The number of hydrogen-bond donors (Lipinski definition) is 1. The lowest BCUT2D eigenvalue weighted by molar-refractivity contribution is 0.401. The van der Waals surface area contributed by atoms with E-state index in [-0.39, 0.29) is 0 Å². The predicted octanol–water partition coefficient (Wildman–Crippen LogP) is 4.53. The Hall–Kier alpha value is -4.04. The van der Waals surface area contributed by atoms with Crippen LogP contribution in [0.1, 0.15) is 17.1 Å². The minimum absolute atomic E-state index is 0.448. The Kier molecular flexibility index (Phi) is 6.54. The van der Waals surface area contributed by atoms with Crippen LogP contribution in [0.4, 0.5) is 0 Å². The molecule has 0 fully saturated rings. The Morgan fingerprint density at radius 3 is 2.63 bits per heavy atom. The van der Waals surface area contributed by atoms with Crippen LogP contribution in [0.5, 0.6) is 5.75 Å². The summed E-state index contributed by atoms with van der Waals surface area (Å²) >= 11 is 0. The van der Waals surface area contributed by atoms with Gasteiger partial charge in [-0.3, -0.25) is 9.97 Å². The summed E-state index contributed by atoms with van der Waals surface area (Å²) in [5, 5.41) is 0. The number of aryl methyl sites for hydroxylation is 1. The van der Waals surface area contributed by atoms with Gasteiger partial charge in [-0.1, -0.05) is 24.3 Å². The fraction of sp³-hybridized carbons (Fsp3) is 0.185. The van der Waals surface area contributed by atoms with Gasteiger partial charge in [0, 0.05) is 18.4 Å². The zero-order chi connectivity index (χ0) is 24.2. The molecule has 35 heavy (non-hydrogen) atoms. The summed E-state index contributed by atoms with van der Waals surface area (Å²) in [4.78, 5) is 24.0. The molecular weight excluding hydrogens is 435 g/mol. The maximum Gasteiger partial charge on any atom is 0.183 e. The number of benzene rings is 1. The molecule has 0 aliphatic rings. The highest BCUT2D eigenvalue weighted by molar-refractivity contribution is 6.04. The van der Waals surface area contributed by atoms with E-state index < -0.39 is 0 Å². The first-order chi connectivity index (χ1) is 17.1. The van der Waals surface area contributed by atoms with E-state index in [1.807, 2.05) is 67.6 Å². The molecule has 0 spiro atoms. The van der Waals surface area contributed by atoms with Crippen LogP contribution in [0.2, 0.25) is 0 Å². The number of fused-ring (bicyclic) bond motifs is 1. The second kappa shape index (κ2) is 10.1. The van der Waals surface area contributed by atoms with Crippen molar-refractivity contribution in [2.75, 3.05) is 13.7 Å². The topological polar surface area (TPSA) is 79.8 Å². The van der Waals surface area contributed by atoms with Gasteiger partial charge in [-0.25, -0.2) is 9.97 Å². The third-order valence-electron chi connectivity index (χ3n) is 5.81. The highest BCUT2D eigenvalue weighted by atomic mass is 16.5. The average molecular weight is 460 g/mol. The Balaban J connectivity index is 1.44. The number of rotatable bonds is 8. The number of aromatic nitrogens is 5. The van der Waals surface area contributed by atoms with Crippen molar-refractivity contribution in [1.29, 1.82) is 0 Å². The van der Waals surface area contributed by atoms with Crippen LogP contribution in [0.25, 0.3) is 33.8 Å². The fourth-order valence-corrected chi connectivity index (χ4v) is 4.08. The van der Waals surface area contributed by atoms with E-state index in [1.165, 1.54) is 0 Å². The van der Waals surface area contributed by atoms with Crippen molar-refractivity contribution in [2.24, 2.45) is 0 Å². The molecule has 0 aliphatic carbocycles. The number of H-pyrrole nitrogens is 1. The number of nitrogens with one attached hydrogen (secondary N) is 1. The first kappa shape index (κ1) is 22.7. The van der Waals surface area contributed by atoms with Gasteiger partial charge in [0.1, 0.15) is 17.3 Å². The largest absolute Gasteiger partial charge is 0.496 e. The van der Waals surface area contributed by atoms with E-state index in [0.717, 1.165) is 63.1 Å². The molecule has 2 radical (unpaired) electrons. The van der Waals surface area contributed by atoms with Crippen molar-refractivity contribution in [1.82, 2.24) is 29.7 Å². The van der Waals surface area contributed by atoms with Crippen molar-refractivity contribution in [3.63, 3.8) is 0 Å². The fourth-order valence-electron chi connectivity index (χ4n) is 4.08. The summed E-state index contributed by atoms with van der Waals surface area (Å²) < 4.78 is 5.46. The summed E-state index contributed by atoms with van der Waals surface area (Å²) in [5.74, 6) is 1.61. The third kappa shape index (κ3) is 5.07. The molecule has 5 aromatic rings. The number of ether oxygens (including phenoxy) is 1. The SMILES string of the molecule is [B]N(CCc1ccccc1OC)Cc1nc(-c2cccc(C)n2)c(-c2ccc3ncccc3n2)[nH]1. The summed E-state index contributed by atoms with van der Waals surface area (Å²) in [5.41, 5.74) is 6.82. The molecule has 4 heterocycles. The van der Waals surface area contributed by atoms with E-state index in [4.69, 9.17) is 27.7 Å². The first-order valence-corrected chi connectivity index (χ1v) is 11.5. The number of nitrogens with zero attached hydrogens (tertiary/aromatic N) is 5. The maximum atomic E-state index is 6.37. The summed E-state index contributed by atoms with van der Waals surface area (Å²) in [7, 11) is 8.06. The van der Waals surface area contributed by atoms with Crippen molar-refractivity contribution in [3.8, 4) is 28.5 Å². The van der Waals surface area contributed by atoms with Crippen LogP contribution in [0.15, 0.2) is 72.9 Å². The molecule has 4 aromatic heterocycles. The molecule has 8 heteroatoms. The highest BCUT2D eigenvalue weighted by Crippen LogP contribution is 2.29. The van der Waals surface area contributed by atoms with Gasteiger partial charge >= 0.3 is 0 Å². The Bertz CT molecular complexity index is 1470. The van der Waals surface area contributed by atoms with Crippen LogP contribution in [0.3, 0.4) is 0 Å². The van der Waals surface area contributed by atoms with E-state index in [1.54, 1.807) is 18.1 Å². The van der Waals surface area contributed by atoms with Gasteiger partial charge < -0.3 is 14.5 Å². The Labute approximate surface area is 205 Å². The van der Waals surface area contributed by atoms with Crippen molar-refractivity contribution in [3.05, 3.63) is 90.0 Å². The van der Waals surface area contributed by atoms with E-state index >= 15 is 0 Å². The summed E-state index contributed by atoms with van der Waals surface area (Å²) in [6.07, 6.45) is 2.53. The lowest BCUT2D eigenvalue weighted by atomic mass is 10.1. The zero-order valence-corrected chi connectivity index (χ0v) is 19.8. The van der Waals surface area contributed by atoms with E-state index in [9.17, 15) is 0 Å². The van der Waals surface area contributed by atoms with Crippen LogP contribution in [-0.4, -0.2) is 51.4 Å². The number of hydrogen-bond acceptors (Lipinski definition) is 6. The Morgan fingerprint density at radius 2 is 1.77 bits per heavy atom. The van der Waals surface area contributed by atoms with Gasteiger partial charge in [-0.05, 0) is 67.9 Å². The van der Waals surface area contributed by atoms with Crippen LogP contribution >= 0.6 is 0 Å². The summed E-state index contributed by atoms with van der Waals surface area (Å²) in [6.45, 7) is 3.06. The first-order valence-electron chi connectivity index (χ1n) is 11.5. The molecule has 0 saturated carbocycles. The minimum Gasteiger partial charge on any atom is -0.496 e. The number of imidazole rings is 1. The van der Waals surface area contributed by atoms with Crippen LogP contribution in [0, 0.1) is 6.92 Å². The van der Waals surface area contributed by atoms with Crippen LogP contribution in [-0.2, 0) is 13.0 Å². The van der Waals surface area contributed by atoms with Gasteiger partial charge in [0.25, 0.3) is 0 Å². The molecule has 1 aromatic carbocycles. The molecule has 0 atom stereocenters. The van der Waals surface area contributed by atoms with Gasteiger partial charge in [0.15, 0.2) is 7.98 Å². The molecule has 172 valence electrons. The molecule has 0 amide bonds. The molecule has 0 bridgehead atoms. The predicted molar refractivity (Wildman–Crippen MR) is 138 cm³/mol. The van der Waals surface area contributed by atoms with E-state index in [0.29, 0.717) is 13.1 Å².